The van der Waals surface area contributed by atoms with E-state index in [-0.39, 0.29) is 17.9 Å². The Bertz CT molecular complexity index is 1160. The van der Waals surface area contributed by atoms with Gasteiger partial charge < -0.3 is 14.7 Å². The van der Waals surface area contributed by atoms with Gasteiger partial charge in [0.25, 0.3) is 11.7 Å². The summed E-state index contributed by atoms with van der Waals surface area (Å²) < 4.78 is 5.42. The van der Waals surface area contributed by atoms with Gasteiger partial charge in [0, 0.05) is 16.1 Å². The van der Waals surface area contributed by atoms with Gasteiger partial charge in [0.15, 0.2) is 0 Å². The van der Waals surface area contributed by atoms with E-state index >= 15 is 0 Å². The maximum absolute atomic E-state index is 13.1. The zero-order chi connectivity index (χ0) is 22.0. The van der Waals surface area contributed by atoms with Gasteiger partial charge >= 0.3 is 0 Å². The molecule has 3 aromatic carbocycles. The molecule has 3 aromatic rings. The lowest BCUT2D eigenvalue weighted by Gasteiger charge is -2.26. The van der Waals surface area contributed by atoms with Crippen molar-refractivity contribution in [3.8, 4) is 5.75 Å². The molecule has 4 rings (SSSR count). The van der Waals surface area contributed by atoms with Crippen molar-refractivity contribution in [3.05, 3.63) is 106 Å². The van der Waals surface area contributed by atoms with Crippen LogP contribution < -0.4 is 4.74 Å². The van der Waals surface area contributed by atoms with Crippen LogP contribution in [0.4, 0.5) is 0 Å². The second-order valence-corrected chi connectivity index (χ2v) is 7.59. The third kappa shape index (κ3) is 3.92. The molecular formula is C25H20ClNO4. The zero-order valence-electron chi connectivity index (χ0n) is 16.8. The topological polar surface area (TPSA) is 66.8 Å². The maximum Gasteiger partial charge on any atom is 0.295 e. The Morgan fingerprint density at radius 2 is 1.61 bits per heavy atom. The Labute approximate surface area is 185 Å². The SMILES string of the molecule is COc1ccccc1CN1C(=O)C(=O)/C(=C(/O)c2ccc(Cl)cc2)C1c1ccccc1. The number of ketones is 1. The van der Waals surface area contributed by atoms with Crippen LogP contribution in [-0.4, -0.2) is 28.8 Å². The van der Waals surface area contributed by atoms with Crippen molar-refractivity contribution in [2.75, 3.05) is 7.11 Å². The third-order valence-electron chi connectivity index (χ3n) is 5.31. The molecule has 1 heterocycles. The maximum atomic E-state index is 13.1. The first-order valence-electron chi connectivity index (χ1n) is 9.72. The number of benzene rings is 3. The minimum atomic E-state index is -0.734. The number of methoxy groups -OCH3 is 1. The smallest absolute Gasteiger partial charge is 0.295 e. The Hall–Kier alpha value is -3.57. The van der Waals surface area contributed by atoms with E-state index in [1.807, 2.05) is 48.5 Å². The highest BCUT2D eigenvalue weighted by atomic mass is 35.5. The van der Waals surface area contributed by atoms with E-state index in [2.05, 4.69) is 0 Å². The van der Waals surface area contributed by atoms with Crippen molar-refractivity contribution in [1.29, 1.82) is 0 Å². The number of para-hydroxylation sites is 1. The monoisotopic (exact) mass is 433 g/mol. The second-order valence-electron chi connectivity index (χ2n) is 7.16. The molecule has 1 aliphatic heterocycles. The van der Waals surface area contributed by atoms with Crippen molar-refractivity contribution >= 4 is 29.1 Å². The second kappa shape index (κ2) is 8.66. The molecule has 0 saturated carbocycles. The molecule has 0 radical (unpaired) electrons. The lowest BCUT2D eigenvalue weighted by molar-refractivity contribution is -0.140. The van der Waals surface area contributed by atoms with Crippen LogP contribution in [0.15, 0.2) is 84.4 Å². The first kappa shape index (κ1) is 20.7. The highest BCUT2D eigenvalue weighted by Gasteiger charge is 2.46. The van der Waals surface area contributed by atoms with Gasteiger partial charge in [-0.2, -0.15) is 0 Å². The number of aliphatic hydroxyl groups is 1. The van der Waals surface area contributed by atoms with Crippen LogP contribution in [0.1, 0.15) is 22.7 Å². The normalized spacial score (nSPS) is 17.7. The summed E-state index contributed by atoms with van der Waals surface area (Å²) >= 11 is 5.96. The Morgan fingerprint density at radius 1 is 0.968 bits per heavy atom. The Balaban J connectivity index is 1.85. The van der Waals surface area contributed by atoms with Crippen LogP contribution in [0.25, 0.3) is 5.76 Å². The van der Waals surface area contributed by atoms with Gasteiger partial charge in [-0.25, -0.2) is 0 Å². The molecule has 31 heavy (non-hydrogen) atoms. The number of hydrogen-bond acceptors (Lipinski definition) is 4. The van der Waals surface area contributed by atoms with Crippen molar-refractivity contribution in [3.63, 3.8) is 0 Å². The molecule has 6 heteroatoms. The molecule has 0 spiro atoms. The van der Waals surface area contributed by atoms with E-state index < -0.39 is 17.7 Å². The first-order chi connectivity index (χ1) is 15.0. The number of Topliss-reactive ketones (excluding diaryl/α,β-unsaturated/α-hetero) is 1. The number of carbonyl (C=O) groups excluding carboxylic acids is 2. The molecule has 1 N–H and O–H groups in total. The van der Waals surface area contributed by atoms with Crippen molar-refractivity contribution in [2.45, 2.75) is 12.6 Å². The summed E-state index contributed by atoms with van der Waals surface area (Å²) in [6.45, 7) is 0.158. The van der Waals surface area contributed by atoms with Crippen LogP contribution in [0.3, 0.4) is 0 Å². The summed E-state index contributed by atoms with van der Waals surface area (Å²) in [7, 11) is 1.56. The van der Waals surface area contributed by atoms with E-state index in [0.717, 1.165) is 11.1 Å². The van der Waals surface area contributed by atoms with Gasteiger partial charge in [0.2, 0.25) is 0 Å². The molecule has 0 bridgehead atoms. The molecule has 1 amide bonds. The third-order valence-corrected chi connectivity index (χ3v) is 5.56. The summed E-state index contributed by atoms with van der Waals surface area (Å²) in [4.78, 5) is 27.6. The van der Waals surface area contributed by atoms with Gasteiger partial charge in [-0.05, 0) is 35.9 Å². The molecule has 5 nitrogen and oxygen atoms in total. The van der Waals surface area contributed by atoms with Crippen LogP contribution in [-0.2, 0) is 16.1 Å². The number of ether oxygens (including phenoxy) is 1. The van der Waals surface area contributed by atoms with Crippen LogP contribution in [0.5, 0.6) is 5.75 Å². The molecule has 0 aliphatic carbocycles. The zero-order valence-corrected chi connectivity index (χ0v) is 17.5. The molecular weight excluding hydrogens is 414 g/mol. The van der Waals surface area contributed by atoms with Gasteiger partial charge in [0.1, 0.15) is 11.5 Å². The highest BCUT2D eigenvalue weighted by Crippen LogP contribution is 2.40. The lowest BCUT2D eigenvalue weighted by atomic mass is 9.95. The van der Waals surface area contributed by atoms with E-state index in [1.165, 1.54) is 4.90 Å². The summed E-state index contributed by atoms with van der Waals surface area (Å²) in [6.07, 6.45) is 0. The summed E-state index contributed by atoms with van der Waals surface area (Å²) in [6, 6.07) is 22.3. The van der Waals surface area contributed by atoms with E-state index in [1.54, 1.807) is 37.4 Å². The van der Waals surface area contributed by atoms with Gasteiger partial charge in [0.05, 0.1) is 25.3 Å². The summed E-state index contributed by atoms with van der Waals surface area (Å²) in [5.74, 6) is -1.01. The highest BCUT2D eigenvalue weighted by molar-refractivity contribution is 6.46. The molecule has 156 valence electrons. The molecule has 1 fully saturated rings. The predicted molar refractivity (Wildman–Crippen MR) is 119 cm³/mol. The number of rotatable bonds is 5. The number of hydrogen-bond donors (Lipinski definition) is 1. The van der Waals surface area contributed by atoms with Crippen LogP contribution >= 0.6 is 11.6 Å². The first-order valence-corrected chi connectivity index (χ1v) is 10.1. The molecule has 0 aromatic heterocycles. The number of nitrogens with zero attached hydrogens (tertiary/aromatic N) is 1. The van der Waals surface area contributed by atoms with Gasteiger partial charge in [-0.3, -0.25) is 9.59 Å². The minimum Gasteiger partial charge on any atom is -0.507 e. The summed E-state index contributed by atoms with van der Waals surface area (Å²) in [5, 5.41) is 11.5. The van der Waals surface area contributed by atoms with E-state index in [4.69, 9.17) is 16.3 Å². The number of aliphatic hydroxyl groups excluding tert-OH is 1. The fraction of sp³-hybridized carbons (Fsp3) is 0.120. The van der Waals surface area contributed by atoms with Gasteiger partial charge in [-0.1, -0.05) is 60.1 Å². The lowest BCUT2D eigenvalue weighted by Crippen LogP contribution is -2.29. The predicted octanol–water partition coefficient (Wildman–Crippen LogP) is 4.97. The average Bonchev–Trinajstić information content (AvgIpc) is 3.05. The Morgan fingerprint density at radius 3 is 2.29 bits per heavy atom. The van der Waals surface area contributed by atoms with E-state index in [9.17, 15) is 14.7 Å². The molecule has 1 atom stereocenters. The number of halogens is 1. The van der Waals surface area contributed by atoms with E-state index in [0.29, 0.717) is 16.3 Å². The van der Waals surface area contributed by atoms with Crippen molar-refractivity contribution in [2.24, 2.45) is 0 Å². The Kier molecular flexibility index (Phi) is 5.78. The molecule has 1 unspecified atom stereocenters. The summed E-state index contributed by atoms with van der Waals surface area (Å²) in [5.41, 5.74) is 1.96. The fourth-order valence-corrected chi connectivity index (χ4v) is 3.93. The van der Waals surface area contributed by atoms with Crippen LogP contribution in [0.2, 0.25) is 5.02 Å². The number of likely N-dealkylation sites (tertiary alicyclic amines) is 1. The fourth-order valence-electron chi connectivity index (χ4n) is 3.81. The molecule has 1 saturated heterocycles. The van der Waals surface area contributed by atoms with Gasteiger partial charge in [-0.15, -0.1) is 0 Å². The number of amides is 1. The van der Waals surface area contributed by atoms with Crippen molar-refractivity contribution < 1.29 is 19.4 Å². The average molecular weight is 434 g/mol. The molecule has 1 aliphatic rings. The van der Waals surface area contributed by atoms with Crippen molar-refractivity contribution in [1.82, 2.24) is 4.90 Å². The minimum absolute atomic E-state index is 0.0495. The largest absolute Gasteiger partial charge is 0.507 e. The number of carbonyl (C=O) groups is 2. The quantitative estimate of drug-likeness (QED) is 0.350. The van der Waals surface area contributed by atoms with Crippen LogP contribution in [0, 0.1) is 0 Å². The standard InChI is InChI=1S/C25H20ClNO4/c1-31-20-10-6-5-9-18(20)15-27-22(16-7-3-2-4-8-16)21(24(29)25(27)30)23(28)17-11-13-19(26)14-12-17/h2-14,22,28H,15H2,1H3/b23-21+.